The molecule has 4 N–H and O–H groups in total. The van der Waals surface area contributed by atoms with Crippen molar-refractivity contribution in [3.05, 3.63) is 29.8 Å². The van der Waals surface area contributed by atoms with Crippen LogP contribution in [0, 0.1) is 66.7 Å². The first kappa shape index (κ1) is 15.8. The van der Waals surface area contributed by atoms with Crippen molar-refractivity contribution < 1.29 is 40.4 Å². The van der Waals surface area contributed by atoms with Crippen LogP contribution in [-0.4, -0.2) is 28.0 Å². The summed E-state index contributed by atoms with van der Waals surface area (Å²) in [5, 5.41) is 7.20. The van der Waals surface area contributed by atoms with Gasteiger partial charge in [-0.3, -0.25) is 0 Å². The van der Waals surface area contributed by atoms with E-state index >= 15 is 0 Å². The Bertz CT molecular complexity index is 624. The Morgan fingerprint density at radius 2 is 2.15 bits per heavy atom. The number of nitrogens with one attached hydrogen (secondary N) is 2. The van der Waals surface area contributed by atoms with Crippen LogP contribution in [0.15, 0.2) is 6.07 Å². The molecule has 2 aromatic heterocycles. The molecule has 7 heteroatoms. The Kier molecular flexibility index (Phi) is 5.08. The van der Waals surface area contributed by atoms with Gasteiger partial charge in [-0.25, -0.2) is 4.98 Å². The van der Waals surface area contributed by atoms with Crippen LogP contribution >= 0.6 is 0 Å². The summed E-state index contributed by atoms with van der Waals surface area (Å²) in [5.74, 6) is 0.960. The summed E-state index contributed by atoms with van der Waals surface area (Å²) in [6.45, 7) is 5.60. The van der Waals surface area contributed by atoms with Crippen molar-refractivity contribution in [2.24, 2.45) is 0 Å². The van der Waals surface area contributed by atoms with Gasteiger partial charge in [0.2, 0.25) is 0 Å². The number of aromatic nitrogens is 3. The largest absolute Gasteiger partial charge is 0.529 e. The van der Waals surface area contributed by atoms with Gasteiger partial charge >= 0.3 is 0 Å². The second-order valence-electron chi connectivity index (χ2n) is 4.70. The average molecular weight is 407 g/mol. The van der Waals surface area contributed by atoms with Crippen LogP contribution in [0.1, 0.15) is 11.3 Å². The molecule has 0 amide bonds. The van der Waals surface area contributed by atoms with Crippen LogP contribution in [0.25, 0.3) is 11.0 Å². The molecule has 0 spiro atoms. The van der Waals surface area contributed by atoms with Crippen LogP contribution < -0.4 is 16.4 Å². The molecule has 1 saturated heterocycles. The Morgan fingerprint density at radius 1 is 1.35 bits per heavy atom. The molecule has 3 rings (SSSR count). The fourth-order valence-electron chi connectivity index (χ4n) is 2.28. The molecule has 3 heterocycles. The second kappa shape index (κ2) is 6.44. The van der Waals surface area contributed by atoms with Gasteiger partial charge in [0.25, 0.3) is 0 Å². The number of hydrogen-bond acceptors (Lipinski definition) is 6. The molecule has 0 atom stereocenters. The Morgan fingerprint density at radius 3 is 2.85 bits per heavy atom. The van der Waals surface area contributed by atoms with Crippen molar-refractivity contribution in [1.29, 1.82) is 0 Å². The Balaban J connectivity index is 0.00000147. The number of hydrogen-bond donors (Lipinski definition) is 3. The van der Waals surface area contributed by atoms with Gasteiger partial charge < -0.3 is 28.8 Å². The minimum atomic E-state index is 0. The molecule has 2 aromatic rings. The van der Waals surface area contributed by atoms with Crippen LogP contribution in [-0.2, 0) is 0 Å². The minimum absolute atomic E-state index is 0. The number of nitrogens with two attached hydrogens (primary N) is 1. The number of nitrogens with zero attached hydrogens (tertiary/aromatic N) is 3. The summed E-state index contributed by atoms with van der Waals surface area (Å²) >= 11 is 0. The zero-order chi connectivity index (χ0) is 13.4. The molecule has 0 aliphatic carbocycles. The molecule has 1 aliphatic heterocycles. The maximum Gasteiger partial charge on any atom is 0.194 e. The van der Waals surface area contributed by atoms with E-state index in [2.05, 4.69) is 32.0 Å². The summed E-state index contributed by atoms with van der Waals surface area (Å²) < 4.78 is 0. The standard InChI is InChI=1S/C13H16N6.Sm/c1-7-5-8(2)16-12-10(7)11(14)18-13(19-12)17-9-3-4-15-6-9;/h3,5,15H,4,6H2,1-2H3,(H3,14,16,17,18,19);/q-2;. The first-order chi connectivity index (χ1) is 9.13. The van der Waals surface area contributed by atoms with E-state index in [0.29, 0.717) is 17.4 Å². The van der Waals surface area contributed by atoms with Crippen LogP contribution in [0.4, 0.5) is 11.8 Å². The average Bonchev–Trinajstić information content (AvgIpc) is 2.79. The van der Waals surface area contributed by atoms with Gasteiger partial charge in [0.1, 0.15) is 5.82 Å². The molecule has 1 fully saturated rings. The van der Waals surface area contributed by atoms with Gasteiger partial charge in [0.15, 0.2) is 11.6 Å². The first-order valence-corrected chi connectivity index (χ1v) is 6.22. The first-order valence-electron chi connectivity index (χ1n) is 6.22. The molecule has 1 aliphatic rings. The minimum Gasteiger partial charge on any atom is -0.529 e. The molecule has 0 radical (unpaired) electrons. The normalized spacial score (nSPS) is 15.3. The van der Waals surface area contributed by atoms with Gasteiger partial charge in [-0.2, -0.15) is 16.5 Å². The van der Waals surface area contributed by atoms with E-state index in [1.54, 1.807) is 0 Å². The van der Waals surface area contributed by atoms with Gasteiger partial charge in [-0.15, -0.1) is 6.54 Å². The summed E-state index contributed by atoms with van der Waals surface area (Å²) in [7, 11) is 0. The van der Waals surface area contributed by atoms with E-state index in [1.807, 2.05) is 19.9 Å². The summed E-state index contributed by atoms with van der Waals surface area (Å²) in [6, 6.07) is 3.04. The monoisotopic (exact) mass is 408 g/mol. The molecule has 106 valence electrons. The van der Waals surface area contributed by atoms with E-state index in [9.17, 15) is 0 Å². The van der Waals surface area contributed by atoms with Gasteiger partial charge in [0, 0.05) is 46.1 Å². The van der Waals surface area contributed by atoms with Crippen molar-refractivity contribution >= 4 is 22.8 Å². The molecule has 0 aromatic carbocycles. The topological polar surface area (TPSA) is 88.8 Å². The number of aryl methyl sites for hydroxylation is 2. The van der Waals surface area contributed by atoms with Gasteiger partial charge in [-0.05, 0) is 25.5 Å². The van der Waals surface area contributed by atoms with E-state index in [4.69, 9.17) is 5.73 Å². The van der Waals surface area contributed by atoms with Crippen molar-refractivity contribution in [3.8, 4) is 0 Å². The molecule has 0 unspecified atom stereocenters. The van der Waals surface area contributed by atoms with Crippen LogP contribution in [0.2, 0.25) is 0 Å². The van der Waals surface area contributed by atoms with Crippen LogP contribution in [0.5, 0.6) is 0 Å². The van der Waals surface area contributed by atoms with Crippen molar-refractivity contribution in [2.45, 2.75) is 13.8 Å². The third-order valence-corrected chi connectivity index (χ3v) is 3.10. The number of fused-ring (bicyclic) bond motifs is 1. The summed E-state index contributed by atoms with van der Waals surface area (Å²) in [4.78, 5) is 13.2. The van der Waals surface area contributed by atoms with Crippen molar-refractivity contribution in [2.75, 3.05) is 24.1 Å². The van der Waals surface area contributed by atoms with Crippen LogP contribution in [0.3, 0.4) is 0 Å². The predicted octanol–water partition coefficient (Wildman–Crippen LogP) is 0.975. The molecular weight excluding hydrogens is 391 g/mol. The van der Waals surface area contributed by atoms with E-state index in [-0.39, 0.29) is 40.4 Å². The number of pyridine rings is 1. The smallest absolute Gasteiger partial charge is 0.194 e. The van der Waals surface area contributed by atoms with E-state index < -0.39 is 0 Å². The predicted molar refractivity (Wildman–Crippen MR) is 75.3 cm³/mol. The quantitative estimate of drug-likeness (QED) is 0.644. The Hall–Kier alpha value is -0.612. The van der Waals surface area contributed by atoms with Gasteiger partial charge in [-0.1, -0.05) is 0 Å². The zero-order valence-electron chi connectivity index (χ0n) is 11.4. The maximum absolute atomic E-state index is 6.02. The SMILES string of the molecule is Cc1cc(C)c2c(N)nc(N[C-]3[CH-]CNC3)nc2n1.[Sm]. The molecular formula is C13H16N6Sm-2. The number of anilines is 2. The van der Waals surface area contributed by atoms with E-state index in [0.717, 1.165) is 35.8 Å². The summed E-state index contributed by atoms with van der Waals surface area (Å²) in [6.07, 6.45) is 2.07. The fourth-order valence-corrected chi connectivity index (χ4v) is 2.28. The third-order valence-electron chi connectivity index (χ3n) is 3.10. The molecule has 20 heavy (non-hydrogen) atoms. The van der Waals surface area contributed by atoms with Gasteiger partial charge in [0.05, 0.1) is 5.39 Å². The maximum atomic E-state index is 6.02. The molecule has 0 saturated carbocycles. The fraction of sp³-hybridized carbons (Fsp3) is 0.308. The summed E-state index contributed by atoms with van der Waals surface area (Å²) in [5.41, 5.74) is 8.63. The molecule has 6 nitrogen and oxygen atoms in total. The Labute approximate surface area is 150 Å². The third kappa shape index (κ3) is 3.17. The number of rotatable bonds is 2. The molecule has 0 bridgehead atoms. The number of nitrogen functional groups attached to an aromatic ring is 1. The van der Waals surface area contributed by atoms with Crippen molar-refractivity contribution in [3.63, 3.8) is 0 Å². The second-order valence-corrected chi connectivity index (χ2v) is 4.70. The zero-order valence-corrected chi connectivity index (χ0v) is 14.0. The van der Waals surface area contributed by atoms with E-state index in [1.165, 1.54) is 0 Å². The van der Waals surface area contributed by atoms with Crippen molar-refractivity contribution in [1.82, 2.24) is 20.3 Å².